The second-order valence-corrected chi connectivity index (χ2v) is 6.69. The maximum Gasteiger partial charge on any atom is 0.378 e. The number of benzene rings is 2. The third-order valence-electron chi connectivity index (χ3n) is 4.46. The molecule has 0 saturated carbocycles. The predicted octanol–water partition coefficient (Wildman–Crippen LogP) is 4.92. The molecule has 0 N–H and O–H groups in total. The monoisotopic (exact) mass is 460 g/mol. The summed E-state index contributed by atoms with van der Waals surface area (Å²) in [5.74, 6) is -17.0. The molecule has 0 aliphatic heterocycles. The van der Waals surface area contributed by atoms with E-state index in [1.165, 1.54) is 12.1 Å². The highest BCUT2D eigenvalue weighted by Crippen LogP contribution is 2.46. The van der Waals surface area contributed by atoms with Gasteiger partial charge in [0.2, 0.25) is 0 Å². The van der Waals surface area contributed by atoms with Crippen molar-refractivity contribution < 1.29 is 45.0 Å². The fourth-order valence-corrected chi connectivity index (χ4v) is 2.76. The summed E-state index contributed by atoms with van der Waals surface area (Å²) < 4.78 is 95.2. The van der Waals surface area contributed by atoms with E-state index in [2.05, 4.69) is 9.47 Å². The summed E-state index contributed by atoms with van der Waals surface area (Å²) in [6.45, 7) is -4.91. The zero-order chi connectivity index (χ0) is 23.6. The molecule has 0 atom stereocenters. The quantitative estimate of drug-likeness (QED) is 0.258. The van der Waals surface area contributed by atoms with Gasteiger partial charge in [-0.25, -0.2) is 4.79 Å². The van der Waals surface area contributed by atoms with E-state index in [0.29, 0.717) is 10.9 Å². The molecule has 5 nitrogen and oxygen atoms in total. The topological polar surface area (TPSA) is 65.7 Å². The van der Waals surface area contributed by atoms with Gasteiger partial charge in [-0.15, -0.1) is 0 Å². The molecule has 1 aromatic heterocycles. The molecule has 32 heavy (non-hydrogen) atoms. The summed E-state index contributed by atoms with van der Waals surface area (Å²) in [7, 11) is 0. The number of alkyl halides is 6. The van der Waals surface area contributed by atoms with E-state index in [9.17, 15) is 35.9 Å². The molecule has 0 aliphatic rings. The zero-order valence-corrected chi connectivity index (χ0v) is 16.0. The summed E-state index contributed by atoms with van der Waals surface area (Å²) in [5.41, 5.74) is -0.0259. The molecule has 0 amide bonds. The fraction of sp³-hybridized carbons (Fsp3) is 0.238. The molecule has 0 bridgehead atoms. The van der Waals surface area contributed by atoms with E-state index in [1.807, 2.05) is 0 Å². The summed E-state index contributed by atoms with van der Waals surface area (Å²) >= 11 is 0. The van der Waals surface area contributed by atoms with Crippen molar-refractivity contribution in [2.24, 2.45) is 0 Å². The number of carbonyl (C=O) groups is 1. The van der Waals surface area contributed by atoms with Gasteiger partial charge in [0.05, 0.1) is 5.56 Å². The lowest BCUT2D eigenvalue weighted by atomic mass is 10.1. The first kappa shape index (κ1) is 23.2. The van der Waals surface area contributed by atoms with Crippen LogP contribution in [0, 0.1) is 0 Å². The van der Waals surface area contributed by atoms with E-state index in [0.717, 1.165) is 12.1 Å². The van der Waals surface area contributed by atoms with Gasteiger partial charge in [-0.05, 0) is 23.8 Å². The summed E-state index contributed by atoms with van der Waals surface area (Å²) in [5, 5.41) is 0.380. The number of fused-ring (bicyclic) bond motifs is 1. The molecule has 0 fully saturated rings. The standard InChI is InChI=1S/C21H14F6O5/c22-19(23,10-30-12-28)21(26,27)20(24,25)11-31-15-7-6-14-8-16(13-4-2-1-3-5-13)18(29)32-17(14)9-15/h1-9,12H,10-11H2. The van der Waals surface area contributed by atoms with Crippen molar-refractivity contribution >= 4 is 17.4 Å². The van der Waals surface area contributed by atoms with Gasteiger partial charge in [-0.2, -0.15) is 26.3 Å². The van der Waals surface area contributed by atoms with Crippen LogP contribution < -0.4 is 10.4 Å². The minimum absolute atomic E-state index is 0.0908. The van der Waals surface area contributed by atoms with Gasteiger partial charge < -0.3 is 13.9 Å². The minimum atomic E-state index is -5.88. The second kappa shape index (κ2) is 8.56. The van der Waals surface area contributed by atoms with E-state index in [4.69, 9.17) is 4.42 Å². The lowest BCUT2D eigenvalue weighted by molar-refractivity contribution is -0.321. The van der Waals surface area contributed by atoms with E-state index in [-0.39, 0.29) is 11.1 Å². The number of carbonyl (C=O) groups excluding carboxylic acids is 1. The molecule has 2 aromatic carbocycles. The molecule has 0 aliphatic carbocycles. The molecule has 11 heteroatoms. The Balaban J connectivity index is 1.82. The van der Waals surface area contributed by atoms with Crippen LogP contribution in [0.15, 0.2) is 63.8 Å². The van der Waals surface area contributed by atoms with Crippen molar-refractivity contribution in [1.82, 2.24) is 0 Å². The van der Waals surface area contributed by atoms with Crippen molar-refractivity contribution in [3.63, 3.8) is 0 Å². The number of rotatable bonds is 9. The van der Waals surface area contributed by atoms with Gasteiger partial charge in [0.1, 0.15) is 11.3 Å². The first-order chi connectivity index (χ1) is 15.0. The van der Waals surface area contributed by atoms with Crippen LogP contribution >= 0.6 is 0 Å². The van der Waals surface area contributed by atoms with Crippen molar-refractivity contribution in [1.29, 1.82) is 0 Å². The van der Waals surface area contributed by atoms with Crippen LogP contribution in [-0.4, -0.2) is 37.5 Å². The van der Waals surface area contributed by atoms with Crippen LogP contribution in [0.4, 0.5) is 26.3 Å². The molecule has 170 valence electrons. The van der Waals surface area contributed by atoms with Crippen molar-refractivity contribution in [2.45, 2.75) is 17.8 Å². The van der Waals surface area contributed by atoms with Crippen molar-refractivity contribution in [3.8, 4) is 16.9 Å². The Bertz CT molecular complexity index is 1160. The first-order valence-corrected chi connectivity index (χ1v) is 8.93. The maximum absolute atomic E-state index is 13.9. The van der Waals surface area contributed by atoms with Crippen molar-refractivity contribution in [3.05, 3.63) is 65.0 Å². The molecule has 1 heterocycles. The predicted molar refractivity (Wildman–Crippen MR) is 100 cm³/mol. The summed E-state index contributed by atoms with van der Waals surface area (Å²) in [6, 6.07) is 13.4. The summed E-state index contributed by atoms with van der Waals surface area (Å²) in [4.78, 5) is 22.2. The van der Waals surface area contributed by atoms with Crippen LogP contribution in [0.2, 0.25) is 0 Å². The molecule has 3 rings (SSSR count). The van der Waals surface area contributed by atoms with Gasteiger partial charge in [-0.3, -0.25) is 4.79 Å². The molecular formula is C21H14F6O5. The van der Waals surface area contributed by atoms with Gasteiger partial charge in [-0.1, -0.05) is 30.3 Å². The van der Waals surface area contributed by atoms with Crippen LogP contribution in [0.5, 0.6) is 5.75 Å². The average molecular weight is 460 g/mol. The second-order valence-electron chi connectivity index (χ2n) is 6.69. The maximum atomic E-state index is 13.9. The highest BCUT2D eigenvalue weighted by atomic mass is 19.3. The highest BCUT2D eigenvalue weighted by molar-refractivity contribution is 5.82. The molecular weight excluding hydrogens is 446 g/mol. The Morgan fingerprint density at radius 2 is 1.53 bits per heavy atom. The average Bonchev–Trinajstić information content (AvgIpc) is 2.76. The zero-order valence-electron chi connectivity index (χ0n) is 16.0. The minimum Gasteiger partial charge on any atom is -0.487 e. The van der Waals surface area contributed by atoms with E-state index in [1.54, 1.807) is 30.3 Å². The number of hydrogen-bond donors (Lipinski definition) is 0. The van der Waals surface area contributed by atoms with Crippen LogP contribution in [0.25, 0.3) is 22.1 Å². The Kier molecular flexibility index (Phi) is 6.20. The van der Waals surface area contributed by atoms with E-state index >= 15 is 0 Å². The Labute approximate surface area is 176 Å². The Morgan fingerprint density at radius 1 is 0.875 bits per heavy atom. The van der Waals surface area contributed by atoms with Crippen LogP contribution in [0.1, 0.15) is 0 Å². The number of hydrogen-bond acceptors (Lipinski definition) is 5. The Morgan fingerprint density at radius 3 is 2.19 bits per heavy atom. The molecule has 0 radical (unpaired) electrons. The van der Waals surface area contributed by atoms with Crippen LogP contribution in [0.3, 0.4) is 0 Å². The van der Waals surface area contributed by atoms with Gasteiger partial charge in [0.25, 0.3) is 6.47 Å². The van der Waals surface area contributed by atoms with Gasteiger partial charge in [0, 0.05) is 11.5 Å². The van der Waals surface area contributed by atoms with Crippen LogP contribution in [-0.2, 0) is 9.53 Å². The lowest BCUT2D eigenvalue weighted by Crippen LogP contribution is -2.58. The van der Waals surface area contributed by atoms with Gasteiger partial charge in [0.15, 0.2) is 13.2 Å². The molecule has 0 unspecified atom stereocenters. The largest absolute Gasteiger partial charge is 0.487 e. The Hall–Kier alpha value is -3.50. The SMILES string of the molecule is O=COCC(F)(F)C(F)(F)C(F)(F)COc1ccc2cc(-c3ccccc3)c(=O)oc2c1. The van der Waals surface area contributed by atoms with E-state index < -0.39 is 48.8 Å². The first-order valence-electron chi connectivity index (χ1n) is 8.93. The normalized spacial score (nSPS) is 12.6. The fourth-order valence-electron chi connectivity index (χ4n) is 2.76. The molecule has 0 spiro atoms. The van der Waals surface area contributed by atoms with Crippen molar-refractivity contribution in [2.75, 3.05) is 13.2 Å². The summed E-state index contributed by atoms with van der Waals surface area (Å²) in [6.07, 6.45) is 0. The highest BCUT2D eigenvalue weighted by Gasteiger charge is 2.72. The third kappa shape index (κ3) is 4.41. The lowest BCUT2D eigenvalue weighted by Gasteiger charge is -2.31. The molecule has 3 aromatic rings. The third-order valence-corrected chi connectivity index (χ3v) is 4.46. The number of halogens is 6. The number of ether oxygens (including phenoxy) is 2. The molecule has 0 saturated heterocycles. The van der Waals surface area contributed by atoms with Gasteiger partial charge >= 0.3 is 23.4 Å². The smallest absolute Gasteiger partial charge is 0.378 e.